The second kappa shape index (κ2) is 12.2. The first-order valence-electron chi connectivity index (χ1n) is 13.2. The lowest BCUT2D eigenvalue weighted by Crippen LogP contribution is -2.46. The van der Waals surface area contributed by atoms with Gasteiger partial charge < -0.3 is 28.4 Å². The Hall–Kier alpha value is -3.78. The molecular formula is C30H34N2O6. The zero-order chi connectivity index (χ0) is 26.3. The zero-order valence-electron chi connectivity index (χ0n) is 21.7. The Morgan fingerprint density at radius 3 is 2.55 bits per heavy atom. The van der Waals surface area contributed by atoms with Crippen molar-refractivity contribution in [1.82, 2.24) is 9.80 Å². The lowest BCUT2D eigenvalue weighted by molar-refractivity contribution is -0.143. The largest absolute Gasteiger partial charge is 0.467 e. The van der Waals surface area contributed by atoms with E-state index in [9.17, 15) is 9.59 Å². The van der Waals surface area contributed by atoms with Crippen molar-refractivity contribution < 1.29 is 28.2 Å². The SMILES string of the molecule is CCC(C(=O)N(CC(=O)N(Cc1ccc2c(c1)OCO2)Cc1ccco1)CC1CCCO1)c1ccccc1. The summed E-state index contributed by atoms with van der Waals surface area (Å²) in [7, 11) is 0. The molecule has 5 rings (SSSR count). The number of carbonyl (C=O) groups excluding carboxylic acids is 2. The molecule has 1 saturated heterocycles. The molecule has 2 aromatic carbocycles. The van der Waals surface area contributed by atoms with Gasteiger partial charge in [-0.1, -0.05) is 43.3 Å². The van der Waals surface area contributed by atoms with Crippen molar-refractivity contribution >= 4 is 11.8 Å². The second-order valence-corrected chi connectivity index (χ2v) is 9.74. The third-order valence-corrected chi connectivity index (χ3v) is 7.08. The van der Waals surface area contributed by atoms with E-state index in [1.165, 1.54) is 0 Å². The molecule has 38 heavy (non-hydrogen) atoms. The van der Waals surface area contributed by atoms with E-state index in [0.29, 0.717) is 43.4 Å². The van der Waals surface area contributed by atoms with Gasteiger partial charge in [-0.15, -0.1) is 0 Å². The Morgan fingerprint density at radius 1 is 0.974 bits per heavy atom. The number of fused-ring (bicyclic) bond motifs is 1. The highest BCUT2D eigenvalue weighted by atomic mass is 16.7. The van der Waals surface area contributed by atoms with Gasteiger partial charge in [0.1, 0.15) is 5.76 Å². The monoisotopic (exact) mass is 518 g/mol. The van der Waals surface area contributed by atoms with E-state index < -0.39 is 0 Å². The molecule has 1 fully saturated rings. The highest BCUT2D eigenvalue weighted by Crippen LogP contribution is 2.33. The molecule has 2 unspecified atom stereocenters. The molecule has 8 nitrogen and oxygen atoms in total. The predicted octanol–water partition coefficient (Wildman–Crippen LogP) is 4.74. The number of rotatable bonds is 11. The molecule has 2 amide bonds. The fourth-order valence-corrected chi connectivity index (χ4v) is 5.07. The maximum absolute atomic E-state index is 13.9. The number of ether oxygens (including phenoxy) is 3. The maximum atomic E-state index is 13.9. The van der Waals surface area contributed by atoms with E-state index in [1.54, 1.807) is 22.1 Å². The molecule has 0 bridgehead atoms. The Bertz CT molecular complexity index is 1210. The van der Waals surface area contributed by atoms with Crippen LogP contribution in [0, 0.1) is 0 Å². The molecule has 200 valence electrons. The molecule has 3 aromatic rings. The maximum Gasteiger partial charge on any atom is 0.242 e. The molecule has 0 radical (unpaired) electrons. The smallest absolute Gasteiger partial charge is 0.242 e. The minimum Gasteiger partial charge on any atom is -0.467 e. The average molecular weight is 519 g/mol. The predicted molar refractivity (Wildman–Crippen MR) is 141 cm³/mol. The van der Waals surface area contributed by atoms with E-state index in [-0.39, 0.29) is 43.7 Å². The molecule has 3 heterocycles. The van der Waals surface area contributed by atoms with Gasteiger partial charge in [0.05, 0.1) is 31.4 Å². The van der Waals surface area contributed by atoms with E-state index in [4.69, 9.17) is 18.6 Å². The summed E-state index contributed by atoms with van der Waals surface area (Å²) >= 11 is 0. The van der Waals surface area contributed by atoms with Crippen LogP contribution in [0.1, 0.15) is 49.0 Å². The number of hydrogen-bond acceptors (Lipinski definition) is 6. The standard InChI is InChI=1S/C30H34N2O6/c1-2-26(23-8-4-3-5-9-23)30(34)32(19-25-11-7-15-36-25)20-29(33)31(18-24-10-6-14-35-24)17-22-12-13-27-28(16-22)38-21-37-27/h3-6,8-10,12-14,16,25-26H,2,7,11,15,17-21H2,1H3. The van der Waals surface area contributed by atoms with E-state index in [0.717, 1.165) is 24.0 Å². The van der Waals surface area contributed by atoms with Crippen LogP contribution < -0.4 is 9.47 Å². The van der Waals surface area contributed by atoms with E-state index >= 15 is 0 Å². The highest BCUT2D eigenvalue weighted by Gasteiger charge is 2.31. The molecule has 2 aliphatic rings. The van der Waals surface area contributed by atoms with Crippen molar-refractivity contribution in [3.63, 3.8) is 0 Å². The summed E-state index contributed by atoms with van der Waals surface area (Å²) in [6.07, 6.45) is 4.02. The van der Waals surface area contributed by atoms with Crippen LogP contribution in [0.2, 0.25) is 0 Å². The molecule has 0 N–H and O–H groups in total. The number of carbonyl (C=O) groups is 2. The number of nitrogens with zero attached hydrogens (tertiary/aromatic N) is 2. The first kappa shape index (κ1) is 25.9. The summed E-state index contributed by atoms with van der Waals surface area (Å²) in [6.45, 7) is 3.87. The van der Waals surface area contributed by atoms with Crippen molar-refractivity contribution in [2.75, 3.05) is 26.5 Å². The minimum absolute atomic E-state index is 0.0344. The quantitative estimate of drug-likeness (QED) is 0.365. The molecule has 0 spiro atoms. The second-order valence-electron chi connectivity index (χ2n) is 9.74. The number of amides is 2. The fraction of sp³-hybridized carbons (Fsp3) is 0.400. The fourth-order valence-electron chi connectivity index (χ4n) is 5.07. The normalized spacial score (nSPS) is 16.8. The van der Waals surface area contributed by atoms with Crippen molar-refractivity contribution in [3.8, 4) is 11.5 Å². The Balaban J connectivity index is 1.37. The minimum atomic E-state index is -0.321. The van der Waals surface area contributed by atoms with Crippen molar-refractivity contribution in [3.05, 3.63) is 83.8 Å². The summed E-state index contributed by atoms with van der Waals surface area (Å²) in [4.78, 5) is 31.1. The third-order valence-electron chi connectivity index (χ3n) is 7.08. The van der Waals surface area contributed by atoms with Gasteiger partial charge in [-0.2, -0.15) is 0 Å². The van der Waals surface area contributed by atoms with Crippen LogP contribution in [-0.4, -0.2) is 54.2 Å². The van der Waals surface area contributed by atoms with Crippen molar-refractivity contribution in [1.29, 1.82) is 0 Å². The molecule has 0 aliphatic carbocycles. The van der Waals surface area contributed by atoms with E-state index in [2.05, 4.69) is 0 Å². The van der Waals surface area contributed by atoms with Gasteiger partial charge in [0, 0.05) is 19.7 Å². The number of hydrogen-bond donors (Lipinski definition) is 0. The number of benzene rings is 2. The summed E-state index contributed by atoms with van der Waals surface area (Å²) in [5, 5.41) is 0. The van der Waals surface area contributed by atoms with Crippen molar-refractivity contribution in [2.45, 2.75) is 51.3 Å². The van der Waals surface area contributed by atoms with Gasteiger partial charge in [-0.3, -0.25) is 9.59 Å². The summed E-state index contributed by atoms with van der Waals surface area (Å²) in [5.41, 5.74) is 1.86. The van der Waals surface area contributed by atoms with Crippen LogP contribution in [0.25, 0.3) is 0 Å². The van der Waals surface area contributed by atoms with Crippen LogP contribution in [0.3, 0.4) is 0 Å². The summed E-state index contributed by atoms with van der Waals surface area (Å²) < 4.78 is 22.4. The van der Waals surface area contributed by atoms with Gasteiger partial charge >= 0.3 is 0 Å². The molecule has 2 aliphatic heterocycles. The first-order chi connectivity index (χ1) is 18.6. The molecular weight excluding hydrogens is 484 g/mol. The lowest BCUT2D eigenvalue weighted by Gasteiger charge is -2.31. The highest BCUT2D eigenvalue weighted by molar-refractivity contribution is 5.88. The summed E-state index contributed by atoms with van der Waals surface area (Å²) in [6, 6.07) is 19.1. The Kier molecular flexibility index (Phi) is 8.28. The summed E-state index contributed by atoms with van der Waals surface area (Å²) in [5.74, 6) is 1.50. The Labute approximate surface area is 223 Å². The van der Waals surface area contributed by atoms with Crippen LogP contribution in [0.15, 0.2) is 71.3 Å². The van der Waals surface area contributed by atoms with Crippen LogP contribution in [-0.2, 0) is 27.4 Å². The molecule has 8 heteroatoms. The van der Waals surface area contributed by atoms with E-state index in [1.807, 2.05) is 61.5 Å². The van der Waals surface area contributed by atoms with Crippen LogP contribution in [0.4, 0.5) is 0 Å². The molecule has 2 atom stereocenters. The van der Waals surface area contributed by atoms with Gasteiger partial charge in [0.25, 0.3) is 0 Å². The van der Waals surface area contributed by atoms with Gasteiger partial charge in [0.2, 0.25) is 18.6 Å². The lowest BCUT2D eigenvalue weighted by atomic mass is 9.94. The average Bonchev–Trinajstić information content (AvgIpc) is 3.72. The Morgan fingerprint density at radius 2 is 1.82 bits per heavy atom. The number of furan rings is 1. The molecule has 0 saturated carbocycles. The third kappa shape index (κ3) is 6.19. The van der Waals surface area contributed by atoms with Crippen LogP contribution in [0.5, 0.6) is 11.5 Å². The van der Waals surface area contributed by atoms with Crippen molar-refractivity contribution in [2.24, 2.45) is 0 Å². The van der Waals surface area contributed by atoms with Gasteiger partial charge in [0.15, 0.2) is 11.5 Å². The zero-order valence-corrected chi connectivity index (χ0v) is 21.7. The molecule has 1 aromatic heterocycles. The van der Waals surface area contributed by atoms with Gasteiger partial charge in [-0.25, -0.2) is 0 Å². The topological polar surface area (TPSA) is 81.5 Å². The van der Waals surface area contributed by atoms with Gasteiger partial charge in [-0.05, 0) is 54.7 Å². The first-order valence-corrected chi connectivity index (χ1v) is 13.2. The van der Waals surface area contributed by atoms with Crippen LogP contribution >= 0.6 is 0 Å².